The molecule has 0 N–H and O–H groups in total. The maximum atomic E-state index is 12.8. The minimum atomic E-state index is -4.56. The Morgan fingerprint density at radius 3 is 2.50 bits per heavy atom. The predicted octanol–water partition coefficient (Wildman–Crippen LogP) is 4.65. The molecule has 0 radical (unpaired) electrons. The summed E-state index contributed by atoms with van der Waals surface area (Å²) >= 11 is 11.5. The molecule has 0 saturated heterocycles. The minimum Gasteiger partial charge on any atom is -0.249 e. The van der Waals surface area contributed by atoms with Crippen LogP contribution in [-0.4, -0.2) is 9.78 Å². The lowest BCUT2D eigenvalue weighted by molar-refractivity contribution is -0.142. The molecule has 0 spiro atoms. The molecule has 2 aromatic rings. The van der Waals surface area contributed by atoms with Gasteiger partial charge >= 0.3 is 6.18 Å². The Morgan fingerprint density at radius 2 is 2.00 bits per heavy atom. The van der Waals surface area contributed by atoms with Crippen LogP contribution in [0.15, 0.2) is 24.3 Å². The molecule has 20 heavy (non-hydrogen) atoms. The lowest BCUT2D eigenvalue weighted by Crippen LogP contribution is -2.10. The van der Waals surface area contributed by atoms with Crippen LogP contribution in [0.4, 0.5) is 13.2 Å². The fourth-order valence-electron chi connectivity index (χ4n) is 1.91. The van der Waals surface area contributed by atoms with Gasteiger partial charge in [0.2, 0.25) is 0 Å². The van der Waals surface area contributed by atoms with E-state index in [-0.39, 0.29) is 23.1 Å². The van der Waals surface area contributed by atoms with Crippen molar-refractivity contribution in [2.45, 2.75) is 25.5 Å². The molecule has 2 rings (SSSR count). The van der Waals surface area contributed by atoms with Gasteiger partial charge in [-0.1, -0.05) is 41.4 Å². The number of benzene rings is 1. The van der Waals surface area contributed by atoms with Gasteiger partial charge in [0.05, 0.1) is 12.4 Å². The first-order chi connectivity index (χ1) is 9.32. The third-order valence-electron chi connectivity index (χ3n) is 2.80. The molecule has 0 aliphatic carbocycles. The number of nitrogens with zero attached hydrogens (tertiary/aromatic N) is 2. The zero-order valence-corrected chi connectivity index (χ0v) is 12.0. The van der Waals surface area contributed by atoms with E-state index in [1.807, 2.05) is 25.1 Å². The average Bonchev–Trinajstić information content (AvgIpc) is 2.66. The quantitative estimate of drug-likeness (QED) is 0.752. The summed E-state index contributed by atoms with van der Waals surface area (Å²) < 4.78 is 39.6. The number of alkyl halides is 4. The molecule has 7 heteroatoms. The van der Waals surface area contributed by atoms with Crippen molar-refractivity contribution in [3.8, 4) is 0 Å². The van der Waals surface area contributed by atoms with E-state index in [0.717, 1.165) is 15.8 Å². The van der Waals surface area contributed by atoms with E-state index in [2.05, 4.69) is 5.10 Å². The Bertz CT molecular complexity index is 621. The van der Waals surface area contributed by atoms with Crippen molar-refractivity contribution in [1.82, 2.24) is 9.78 Å². The molecule has 0 fully saturated rings. The summed E-state index contributed by atoms with van der Waals surface area (Å²) in [6.45, 7) is 2.07. The van der Waals surface area contributed by atoms with Crippen LogP contribution < -0.4 is 0 Å². The van der Waals surface area contributed by atoms with Gasteiger partial charge in [-0.2, -0.15) is 18.3 Å². The molecule has 1 heterocycles. The maximum absolute atomic E-state index is 12.8. The molecule has 0 saturated carbocycles. The Kier molecular flexibility index (Phi) is 4.30. The van der Waals surface area contributed by atoms with Crippen LogP contribution in [0.3, 0.4) is 0 Å². The number of rotatable bonds is 3. The van der Waals surface area contributed by atoms with Crippen molar-refractivity contribution in [2.24, 2.45) is 0 Å². The summed E-state index contributed by atoms with van der Waals surface area (Å²) in [6, 6.07) is 7.40. The zero-order chi connectivity index (χ0) is 14.9. The van der Waals surface area contributed by atoms with E-state index in [1.165, 1.54) is 0 Å². The van der Waals surface area contributed by atoms with Gasteiger partial charge in [0, 0.05) is 5.56 Å². The monoisotopic (exact) mass is 322 g/mol. The van der Waals surface area contributed by atoms with Gasteiger partial charge in [-0.3, -0.25) is 0 Å². The van der Waals surface area contributed by atoms with Crippen LogP contribution >= 0.6 is 23.2 Å². The number of hydrogen-bond donors (Lipinski definition) is 0. The summed E-state index contributed by atoms with van der Waals surface area (Å²) in [5.74, 6) is -0.332. The van der Waals surface area contributed by atoms with E-state index >= 15 is 0 Å². The summed E-state index contributed by atoms with van der Waals surface area (Å²) in [4.78, 5) is 0. The first-order valence-corrected chi connectivity index (χ1v) is 6.68. The summed E-state index contributed by atoms with van der Waals surface area (Å²) in [5.41, 5.74) is 0.627. The molecule has 0 amide bonds. The molecule has 0 aliphatic heterocycles. The summed E-state index contributed by atoms with van der Waals surface area (Å²) in [5, 5.41) is 3.48. The van der Waals surface area contributed by atoms with E-state index in [4.69, 9.17) is 23.2 Å². The maximum Gasteiger partial charge on any atom is 0.435 e. The molecule has 0 atom stereocenters. The largest absolute Gasteiger partial charge is 0.435 e. The summed E-state index contributed by atoms with van der Waals surface area (Å²) in [7, 11) is 0. The van der Waals surface area contributed by atoms with Crippen LogP contribution in [0, 0.1) is 6.92 Å². The normalized spacial score (nSPS) is 11.9. The van der Waals surface area contributed by atoms with E-state index in [9.17, 15) is 13.2 Å². The number of aromatic nitrogens is 2. The standard InChI is InChI=1S/C13H11Cl2F3N2/c1-8-3-2-4-9(5-8)7-20-12(15)10(6-14)11(19-20)13(16,17)18/h2-5H,6-7H2,1H3. The van der Waals surface area contributed by atoms with E-state index < -0.39 is 11.9 Å². The molecule has 0 bridgehead atoms. The van der Waals surface area contributed by atoms with Gasteiger partial charge < -0.3 is 0 Å². The Morgan fingerprint density at radius 1 is 1.30 bits per heavy atom. The lowest BCUT2D eigenvalue weighted by atomic mass is 10.1. The molecule has 1 aromatic heterocycles. The molecular weight excluding hydrogens is 312 g/mol. The Hall–Kier alpha value is -1.20. The zero-order valence-electron chi connectivity index (χ0n) is 10.5. The fraction of sp³-hybridized carbons (Fsp3) is 0.308. The highest BCUT2D eigenvalue weighted by Gasteiger charge is 2.38. The van der Waals surface area contributed by atoms with Gasteiger partial charge in [-0.15, -0.1) is 11.6 Å². The smallest absolute Gasteiger partial charge is 0.249 e. The second kappa shape index (κ2) is 5.66. The van der Waals surface area contributed by atoms with Gasteiger partial charge in [-0.05, 0) is 12.5 Å². The van der Waals surface area contributed by atoms with Gasteiger partial charge in [0.1, 0.15) is 5.15 Å². The third-order valence-corrected chi connectivity index (χ3v) is 3.49. The van der Waals surface area contributed by atoms with Crippen molar-refractivity contribution in [1.29, 1.82) is 0 Å². The highest BCUT2D eigenvalue weighted by Crippen LogP contribution is 2.35. The van der Waals surface area contributed by atoms with Crippen molar-refractivity contribution < 1.29 is 13.2 Å². The van der Waals surface area contributed by atoms with Crippen LogP contribution in [0.25, 0.3) is 0 Å². The van der Waals surface area contributed by atoms with Gasteiger partial charge in [0.15, 0.2) is 5.69 Å². The number of hydrogen-bond acceptors (Lipinski definition) is 1. The van der Waals surface area contributed by atoms with Crippen molar-refractivity contribution in [2.75, 3.05) is 0 Å². The van der Waals surface area contributed by atoms with Crippen LogP contribution in [-0.2, 0) is 18.6 Å². The van der Waals surface area contributed by atoms with E-state index in [0.29, 0.717) is 0 Å². The average molecular weight is 323 g/mol. The first kappa shape index (κ1) is 15.2. The molecule has 0 aliphatic rings. The molecule has 2 nitrogen and oxygen atoms in total. The van der Waals surface area contributed by atoms with Crippen LogP contribution in [0.5, 0.6) is 0 Å². The predicted molar refractivity (Wildman–Crippen MR) is 72.1 cm³/mol. The van der Waals surface area contributed by atoms with Crippen molar-refractivity contribution in [3.05, 3.63) is 51.8 Å². The minimum absolute atomic E-state index is 0.0752. The number of halogens is 5. The molecule has 108 valence electrons. The highest BCUT2D eigenvalue weighted by molar-refractivity contribution is 6.31. The number of aryl methyl sites for hydroxylation is 1. The topological polar surface area (TPSA) is 17.8 Å². The molecular formula is C13H11Cl2F3N2. The second-order valence-electron chi connectivity index (χ2n) is 4.40. The highest BCUT2D eigenvalue weighted by atomic mass is 35.5. The Labute approximate surface area is 124 Å². The van der Waals surface area contributed by atoms with E-state index in [1.54, 1.807) is 6.07 Å². The van der Waals surface area contributed by atoms with Crippen LogP contribution in [0.1, 0.15) is 22.4 Å². The van der Waals surface area contributed by atoms with Gasteiger partial charge in [-0.25, -0.2) is 4.68 Å². The molecule has 0 unspecified atom stereocenters. The molecule has 1 aromatic carbocycles. The lowest BCUT2D eigenvalue weighted by Gasteiger charge is -2.05. The summed E-state index contributed by atoms with van der Waals surface area (Å²) in [6.07, 6.45) is -4.56. The van der Waals surface area contributed by atoms with Crippen LogP contribution in [0.2, 0.25) is 5.15 Å². The van der Waals surface area contributed by atoms with Crippen molar-refractivity contribution in [3.63, 3.8) is 0 Å². The first-order valence-electron chi connectivity index (χ1n) is 5.77. The SMILES string of the molecule is Cc1cccc(Cn2nc(C(F)(F)F)c(CCl)c2Cl)c1. The Balaban J connectivity index is 2.41. The van der Waals surface area contributed by atoms with Crippen molar-refractivity contribution >= 4 is 23.2 Å². The fourth-order valence-corrected chi connectivity index (χ4v) is 2.49. The second-order valence-corrected chi connectivity index (χ2v) is 5.02. The van der Waals surface area contributed by atoms with Gasteiger partial charge in [0.25, 0.3) is 0 Å². The third kappa shape index (κ3) is 3.10.